The Bertz CT molecular complexity index is 951. The van der Waals surface area contributed by atoms with Crippen molar-refractivity contribution in [2.45, 2.75) is 6.54 Å². The molecule has 0 fully saturated rings. The molecule has 2 heterocycles. The van der Waals surface area contributed by atoms with Crippen LogP contribution in [0.2, 0.25) is 0 Å². The molecule has 4 heteroatoms. The Morgan fingerprint density at radius 1 is 1.25 bits per heavy atom. The highest BCUT2D eigenvalue weighted by molar-refractivity contribution is 5.91. The van der Waals surface area contributed by atoms with Crippen molar-refractivity contribution in [3.63, 3.8) is 0 Å². The maximum atomic E-state index is 9.32. The molecular formula is C16H9N4+. The van der Waals surface area contributed by atoms with Crippen molar-refractivity contribution in [2.75, 3.05) is 0 Å². The average Bonchev–Trinajstić information content (AvgIpc) is 3.01. The second-order valence-corrected chi connectivity index (χ2v) is 4.78. The summed E-state index contributed by atoms with van der Waals surface area (Å²) in [4.78, 5) is 3.43. The van der Waals surface area contributed by atoms with Gasteiger partial charge in [-0.3, -0.25) is 0 Å². The number of benzene rings is 2. The number of fused-ring (bicyclic) bond motifs is 5. The summed E-state index contributed by atoms with van der Waals surface area (Å²) in [5, 5.41) is 10.2. The standard InChI is InChI=1S/C16H9N4/c1-18-14-6-7-16-13(12(14)8-17)10-19-9-11-4-2-3-5-15(11)20(16)19/h2-7,10H,9H2/q+1. The molecule has 4 rings (SSSR count). The van der Waals surface area contributed by atoms with Crippen LogP contribution in [0.5, 0.6) is 0 Å². The molecule has 0 amide bonds. The molecule has 92 valence electrons. The maximum Gasteiger partial charge on any atom is 0.205 e. The smallest absolute Gasteiger partial charge is 0.205 e. The minimum absolute atomic E-state index is 0.415. The number of para-hydroxylation sites is 1. The molecule has 0 spiro atoms. The van der Waals surface area contributed by atoms with E-state index in [1.165, 1.54) is 5.56 Å². The zero-order chi connectivity index (χ0) is 13.7. The summed E-state index contributed by atoms with van der Waals surface area (Å²) in [7, 11) is 0. The van der Waals surface area contributed by atoms with Crippen molar-refractivity contribution >= 4 is 16.6 Å². The van der Waals surface area contributed by atoms with E-state index in [9.17, 15) is 5.26 Å². The largest absolute Gasteiger partial charge is 0.237 e. The van der Waals surface area contributed by atoms with E-state index in [1.807, 2.05) is 24.4 Å². The van der Waals surface area contributed by atoms with Crippen LogP contribution in [0.4, 0.5) is 5.69 Å². The lowest BCUT2D eigenvalue weighted by molar-refractivity contribution is -0.749. The van der Waals surface area contributed by atoms with Gasteiger partial charge in [0.2, 0.25) is 11.9 Å². The normalized spacial score (nSPS) is 11.7. The number of rotatable bonds is 0. The van der Waals surface area contributed by atoms with Gasteiger partial charge in [-0.1, -0.05) is 24.3 Å². The molecular weight excluding hydrogens is 248 g/mol. The molecule has 0 saturated carbocycles. The van der Waals surface area contributed by atoms with Crippen LogP contribution < -0.4 is 4.68 Å². The number of nitrogens with zero attached hydrogens (tertiary/aromatic N) is 4. The first-order valence-corrected chi connectivity index (χ1v) is 6.27. The lowest BCUT2D eigenvalue weighted by Crippen LogP contribution is -2.36. The summed E-state index contributed by atoms with van der Waals surface area (Å²) < 4.78 is 4.20. The van der Waals surface area contributed by atoms with E-state index < -0.39 is 0 Å². The van der Waals surface area contributed by atoms with Crippen molar-refractivity contribution in [3.05, 3.63) is 65.1 Å². The van der Waals surface area contributed by atoms with Gasteiger partial charge < -0.3 is 0 Å². The Hall–Kier alpha value is -3.11. The predicted molar refractivity (Wildman–Crippen MR) is 73.5 cm³/mol. The van der Waals surface area contributed by atoms with Crippen molar-refractivity contribution in [1.82, 2.24) is 4.68 Å². The summed E-state index contributed by atoms with van der Waals surface area (Å²) >= 11 is 0. The minimum atomic E-state index is 0.415. The van der Waals surface area contributed by atoms with Crippen LogP contribution in [0.3, 0.4) is 0 Å². The highest BCUT2D eigenvalue weighted by atomic mass is 15.4. The highest BCUT2D eigenvalue weighted by Gasteiger charge is 2.29. The third-order valence-corrected chi connectivity index (χ3v) is 3.75. The van der Waals surface area contributed by atoms with E-state index >= 15 is 0 Å². The fourth-order valence-corrected chi connectivity index (χ4v) is 2.88. The van der Waals surface area contributed by atoms with Crippen LogP contribution in [0.1, 0.15) is 11.1 Å². The topological polar surface area (TPSA) is 37.0 Å². The Kier molecular flexibility index (Phi) is 1.99. The highest BCUT2D eigenvalue weighted by Crippen LogP contribution is 2.31. The summed E-state index contributed by atoms with van der Waals surface area (Å²) in [6, 6.07) is 14.0. The maximum absolute atomic E-state index is 9.32. The number of aromatic nitrogens is 2. The van der Waals surface area contributed by atoms with E-state index in [0.717, 1.165) is 23.1 Å². The monoisotopic (exact) mass is 257 g/mol. The van der Waals surface area contributed by atoms with Crippen molar-refractivity contribution in [1.29, 1.82) is 5.26 Å². The van der Waals surface area contributed by atoms with Gasteiger partial charge in [-0.05, 0) is 12.1 Å². The Balaban J connectivity index is 2.13. The zero-order valence-corrected chi connectivity index (χ0v) is 10.5. The Morgan fingerprint density at radius 2 is 2.10 bits per heavy atom. The van der Waals surface area contributed by atoms with Gasteiger partial charge in [0.15, 0.2) is 6.54 Å². The molecule has 1 aromatic heterocycles. The van der Waals surface area contributed by atoms with Crippen LogP contribution in [-0.4, -0.2) is 4.68 Å². The first-order chi connectivity index (χ1) is 9.83. The molecule has 0 N–H and O–H groups in total. The van der Waals surface area contributed by atoms with E-state index in [1.54, 1.807) is 6.07 Å². The van der Waals surface area contributed by atoms with Gasteiger partial charge >= 0.3 is 0 Å². The van der Waals surface area contributed by atoms with Crippen LogP contribution >= 0.6 is 0 Å². The molecule has 2 aromatic carbocycles. The second-order valence-electron chi connectivity index (χ2n) is 4.78. The van der Waals surface area contributed by atoms with Crippen LogP contribution in [0, 0.1) is 17.9 Å². The van der Waals surface area contributed by atoms with Crippen LogP contribution in [-0.2, 0) is 6.54 Å². The van der Waals surface area contributed by atoms with Crippen molar-refractivity contribution in [2.24, 2.45) is 0 Å². The summed E-state index contributed by atoms with van der Waals surface area (Å²) in [5.41, 5.74) is 4.26. The fraction of sp³-hybridized carbons (Fsp3) is 0.0625. The van der Waals surface area contributed by atoms with Gasteiger partial charge in [0.1, 0.15) is 11.2 Å². The molecule has 3 aromatic rings. The first-order valence-electron chi connectivity index (χ1n) is 6.27. The molecule has 4 nitrogen and oxygen atoms in total. The SMILES string of the molecule is [C-]#[N+]c1ccc2c(c[n+]3n2-c2ccccc2C3)c1C#N. The molecule has 1 aliphatic rings. The Labute approximate surface area is 115 Å². The Morgan fingerprint density at radius 3 is 2.90 bits per heavy atom. The number of hydrogen-bond acceptors (Lipinski definition) is 1. The first kappa shape index (κ1) is 10.8. The molecule has 0 saturated heterocycles. The van der Waals surface area contributed by atoms with Crippen LogP contribution in [0.25, 0.3) is 21.4 Å². The third-order valence-electron chi connectivity index (χ3n) is 3.75. The van der Waals surface area contributed by atoms with E-state index in [0.29, 0.717) is 11.3 Å². The van der Waals surface area contributed by atoms with E-state index in [4.69, 9.17) is 6.57 Å². The summed E-state index contributed by atoms with van der Waals surface area (Å²) in [6.45, 7) is 7.95. The molecule has 0 radical (unpaired) electrons. The predicted octanol–water partition coefficient (Wildman–Crippen LogP) is 2.70. The molecule has 0 atom stereocenters. The number of hydrogen-bond donors (Lipinski definition) is 0. The van der Waals surface area contributed by atoms with E-state index in [-0.39, 0.29) is 0 Å². The van der Waals surface area contributed by atoms with Crippen LogP contribution in [0.15, 0.2) is 42.6 Å². The summed E-state index contributed by atoms with van der Waals surface area (Å²) in [5.74, 6) is 0. The lowest BCUT2D eigenvalue weighted by atomic mass is 10.1. The van der Waals surface area contributed by atoms with Gasteiger partial charge in [0, 0.05) is 5.56 Å². The molecule has 0 bridgehead atoms. The number of nitriles is 1. The lowest BCUT2D eigenvalue weighted by Gasteiger charge is -1.99. The minimum Gasteiger partial charge on any atom is -0.237 e. The van der Waals surface area contributed by atoms with Gasteiger partial charge in [0.05, 0.1) is 23.6 Å². The fourth-order valence-electron chi connectivity index (χ4n) is 2.88. The van der Waals surface area contributed by atoms with Gasteiger partial charge in [-0.2, -0.15) is 5.26 Å². The molecule has 0 unspecified atom stereocenters. The second kappa shape index (κ2) is 3.69. The molecule has 20 heavy (non-hydrogen) atoms. The summed E-state index contributed by atoms with van der Waals surface area (Å²) in [6.07, 6.45) is 1.96. The van der Waals surface area contributed by atoms with Gasteiger partial charge in [-0.15, -0.1) is 9.36 Å². The molecule has 0 aliphatic carbocycles. The quantitative estimate of drug-likeness (QED) is 0.352. The average molecular weight is 257 g/mol. The van der Waals surface area contributed by atoms with Crippen molar-refractivity contribution in [3.8, 4) is 11.8 Å². The van der Waals surface area contributed by atoms with Crippen molar-refractivity contribution < 1.29 is 4.68 Å². The van der Waals surface area contributed by atoms with E-state index in [2.05, 4.69) is 32.4 Å². The zero-order valence-electron chi connectivity index (χ0n) is 10.5. The van der Waals surface area contributed by atoms with Gasteiger partial charge in [0.25, 0.3) is 0 Å². The third kappa shape index (κ3) is 1.20. The van der Waals surface area contributed by atoms with Gasteiger partial charge in [-0.25, -0.2) is 4.85 Å². The molecule has 1 aliphatic heterocycles.